The standard InChI is InChI=1S/C7H10BrNS/c1-3-5(2)6-4-9-7(8)10-6/h4-5H,3H2,1-2H3. The minimum Gasteiger partial charge on any atom is -0.237 e. The van der Waals surface area contributed by atoms with E-state index in [1.807, 2.05) is 6.20 Å². The van der Waals surface area contributed by atoms with E-state index in [0.29, 0.717) is 5.92 Å². The molecule has 3 heteroatoms. The van der Waals surface area contributed by atoms with Gasteiger partial charge in [-0.3, -0.25) is 0 Å². The molecule has 1 heterocycles. The van der Waals surface area contributed by atoms with Crippen LogP contribution in [0.4, 0.5) is 0 Å². The van der Waals surface area contributed by atoms with Crippen LogP contribution in [0.15, 0.2) is 10.1 Å². The molecule has 56 valence electrons. The van der Waals surface area contributed by atoms with Crippen molar-refractivity contribution in [2.24, 2.45) is 0 Å². The zero-order chi connectivity index (χ0) is 7.56. The smallest absolute Gasteiger partial charge is 0.159 e. The lowest BCUT2D eigenvalue weighted by Crippen LogP contribution is -1.84. The fourth-order valence-corrected chi connectivity index (χ4v) is 2.13. The Hall–Kier alpha value is 0.110. The molecule has 0 spiro atoms. The number of halogens is 1. The first kappa shape index (κ1) is 8.21. The highest BCUT2D eigenvalue weighted by Gasteiger charge is 2.05. The van der Waals surface area contributed by atoms with E-state index >= 15 is 0 Å². The normalized spacial score (nSPS) is 13.5. The topological polar surface area (TPSA) is 12.9 Å². The van der Waals surface area contributed by atoms with Crippen LogP contribution in [-0.2, 0) is 0 Å². The van der Waals surface area contributed by atoms with E-state index in [9.17, 15) is 0 Å². The zero-order valence-corrected chi connectivity index (χ0v) is 8.50. The predicted molar refractivity (Wildman–Crippen MR) is 48.5 cm³/mol. The number of rotatable bonds is 2. The molecule has 1 rings (SSSR count). The molecule has 1 aromatic rings. The molecule has 1 atom stereocenters. The van der Waals surface area contributed by atoms with Crippen LogP contribution in [0.25, 0.3) is 0 Å². The number of thiazole rings is 1. The second-order valence-electron chi connectivity index (χ2n) is 2.32. The molecule has 0 aromatic carbocycles. The average Bonchev–Trinajstić information content (AvgIpc) is 2.34. The van der Waals surface area contributed by atoms with Gasteiger partial charge in [0.05, 0.1) is 0 Å². The molecular formula is C7H10BrNS. The van der Waals surface area contributed by atoms with E-state index in [0.717, 1.165) is 3.92 Å². The molecule has 0 fully saturated rings. The second-order valence-corrected chi connectivity index (χ2v) is 4.66. The Labute approximate surface area is 73.6 Å². The molecule has 0 N–H and O–H groups in total. The number of hydrogen-bond acceptors (Lipinski definition) is 2. The van der Waals surface area contributed by atoms with Gasteiger partial charge in [-0.25, -0.2) is 4.98 Å². The van der Waals surface area contributed by atoms with Gasteiger partial charge in [-0.1, -0.05) is 13.8 Å². The van der Waals surface area contributed by atoms with Crippen LogP contribution in [0.1, 0.15) is 31.1 Å². The Bertz CT molecular complexity index is 209. The van der Waals surface area contributed by atoms with E-state index in [2.05, 4.69) is 34.8 Å². The second kappa shape index (κ2) is 3.49. The maximum absolute atomic E-state index is 4.12. The van der Waals surface area contributed by atoms with Gasteiger partial charge in [0, 0.05) is 11.1 Å². The fraction of sp³-hybridized carbons (Fsp3) is 0.571. The van der Waals surface area contributed by atoms with Crippen molar-refractivity contribution in [3.63, 3.8) is 0 Å². The molecule has 1 aromatic heterocycles. The molecule has 10 heavy (non-hydrogen) atoms. The molecule has 1 nitrogen and oxygen atoms in total. The van der Waals surface area contributed by atoms with E-state index in [-0.39, 0.29) is 0 Å². The maximum atomic E-state index is 4.12. The summed E-state index contributed by atoms with van der Waals surface area (Å²) >= 11 is 5.06. The summed E-state index contributed by atoms with van der Waals surface area (Å²) in [5.74, 6) is 0.656. The van der Waals surface area contributed by atoms with Gasteiger partial charge < -0.3 is 0 Å². The van der Waals surface area contributed by atoms with Crippen LogP contribution >= 0.6 is 27.3 Å². The van der Waals surface area contributed by atoms with Crippen molar-refractivity contribution >= 4 is 27.3 Å². The Kier molecular flexibility index (Phi) is 2.86. The quantitative estimate of drug-likeness (QED) is 0.744. The molecule has 0 aliphatic heterocycles. The lowest BCUT2D eigenvalue weighted by Gasteiger charge is -2.01. The highest BCUT2D eigenvalue weighted by Crippen LogP contribution is 2.27. The molecule has 0 aliphatic rings. The van der Waals surface area contributed by atoms with E-state index in [4.69, 9.17) is 0 Å². The highest BCUT2D eigenvalue weighted by atomic mass is 79.9. The summed E-state index contributed by atoms with van der Waals surface area (Å²) in [6, 6.07) is 0. The van der Waals surface area contributed by atoms with Gasteiger partial charge in [-0.05, 0) is 28.3 Å². The summed E-state index contributed by atoms with van der Waals surface area (Å²) in [6.45, 7) is 4.41. The van der Waals surface area contributed by atoms with Crippen molar-refractivity contribution in [2.75, 3.05) is 0 Å². The summed E-state index contributed by atoms with van der Waals surface area (Å²) in [7, 11) is 0. The predicted octanol–water partition coefficient (Wildman–Crippen LogP) is 3.42. The van der Waals surface area contributed by atoms with Gasteiger partial charge in [0.2, 0.25) is 0 Å². The third kappa shape index (κ3) is 1.80. The Morgan fingerprint density at radius 3 is 2.90 bits per heavy atom. The van der Waals surface area contributed by atoms with E-state index in [1.165, 1.54) is 11.3 Å². The van der Waals surface area contributed by atoms with Crippen LogP contribution < -0.4 is 0 Å². The number of aromatic nitrogens is 1. The minimum absolute atomic E-state index is 0.656. The zero-order valence-electron chi connectivity index (χ0n) is 6.10. The van der Waals surface area contributed by atoms with Crippen LogP contribution in [0.2, 0.25) is 0 Å². The first-order valence-electron chi connectivity index (χ1n) is 3.35. The van der Waals surface area contributed by atoms with Crippen LogP contribution in [0.5, 0.6) is 0 Å². The van der Waals surface area contributed by atoms with Crippen LogP contribution in [0.3, 0.4) is 0 Å². The summed E-state index contributed by atoms with van der Waals surface area (Å²) in [5.41, 5.74) is 0. The molecule has 0 bridgehead atoms. The minimum atomic E-state index is 0.656. The maximum Gasteiger partial charge on any atom is 0.159 e. The lowest BCUT2D eigenvalue weighted by atomic mass is 10.1. The fourth-order valence-electron chi connectivity index (χ4n) is 0.693. The van der Waals surface area contributed by atoms with Crippen molar-refractivity contribution in [3.8, 4) is 0 Å². The highest BCUT2D eigenvalue weighted by molar-refractivity contribution is 9.11. The third-order valence-electron chi connectivity index (χ3n) is 1.59. The molecule has 0 aliphatic carbocycles. The summed E-state index contributed by atoms with van der Waals surface area (Å²) < 4.78 is 0.989. The summed E-state index contributed by atoms with van der Waals surface area (Å²) in [6.07, 6.45) is 3.14. The molecule has 0 amide bonds. The number of hydrogen-bond donors (Lipinski definition) is 0. The molecular weight excluding hydrogens is 210 g/mol. The summed E-state index contributed by atoms with van der Waals surface area (Å²) in [4.78, 5) is 5.49. The van der Waals surface area contributed by atoms with E-state index < -0.39 is 0 Å². The van der Waals surface area contributed by atoms with Crippen molar-refractivity contribution in [1.29, 1.82) is 0 Å². The first-order valence-corrected chi connectivity index (χ1v) is 4.96. The van der Waals surface area contributed by atoms with Crippen molar-refractivity contribution in [3.05, 3.63) is 15.0 Å². The first-order chi connectivity index (χ1) is 4.74. The van der Waals surface area contributed by atoms with Crippen LogP contribution in [0, 0.1) is 0 Å². The molecule has 0 saturated carbocycles. The Morgan fingerprint density at radius 2 is 2.50 bits per heavy atom. The third-order valence-corrected chi connectivity index (χ3v) is 3.30. The molecule has 1 unspecified atom stereocenters. The van der Waals surface area contributed by atoms with Crippen LogP contribution in [-0.4, -0.2) is 4.98 Å². The van der Waals surface area contributed by atoms with Gasteiger partial charge in [-0.15, -0.1) is 11.3 Å². The monoisotopic (exact) mass is 219 g/mol. The van der Waals surface area contributed by atoms with Gasteiger partial charge in [0.15, 0.2) is 3.92 Å². The van der Waals surface area contributed by atoms with Gasteiger partial charge >= 0.3 is 0 Å². The van der Waals surface area contributed by atoms with Crippen molar-refractivity contribution in [1.82, 2.24) is 4.98 Å². The number of nitrogens with zero attached hydrogens (tertiary/aromatic N) is 1. The lowest BCUT2D eigenvalue weighted by molar-refractivity contribution is 0.746. The average molecular weight is 220 g/mol. The van der Waals surface area contributed by atoms with Crippen molar-refractivity contribution in [2.45, 2.75) is 26.2 Å². The van der Waals surface area contributed by atoms with Crippen molar-refractivity contribution < 1.29 is 0 Å². The Morgan fingerprint density at radius 1 is 1.80 bits per heavy atom. The molecule has 0 saturated heterocycles. The largest absolute Gasteiger partial charge is 0.237 e. The van der Waals surface area contributed by atoms with E-state index in [1.54, 1.807) is 11.3 Å². The Balaban J connectivity index is 2.74. The van der Waals surface area contributed by atoms with Gasteiger partial charge in [0.25, 0.3) is 0 Å². The van der Waals surface area contributed by atoms with Gasteiger partial charge in [0.1, 0.15) is 0 Å². The summed E-state index contributed by atoms with van der Waals surface area (Å²) in [5, 5.41) is 0. The van der Waals surface area contributed by atoms with Gasteiger partial charge in [-0.2, -0.15) is 0 Å². The molecule has 0 radical (unpaired) electrons. The SMILES string of the molecule is CCC(C)c1cnc(Br)s1.